The molecule has 1 aromatic rings. The molecule has 0 aliphatic heterocycles. The Morgan fingerprint density at radius 3 is 2.68 bits per heavy atom. The number of hydrogen-bond donors (Lipinski definition) is 1. The van der Waals surface area contributed by atoms with Gasteiger partial charge in [-0.25, -0.2) is 0 Å². The molecule has 0 heterocycles. The predicted octanol–water partition coefficient (Wildman–Crippen LogP) is 3.41. The lowest BCUT2D eigenvalue weighted by Gasteiger charge is -2.15. The molecule has 1 unspecified atom stereocenters. The minimum absolute atomic E-state index is 0.209. The number of rotatable bonds is 6. The Hall–Kier alpha value is -1.92. The SMILES string of the molecule is CC(Nc1ccc([N+](=O)[O-])c(OC(F)F)c1)C1CC1. The number of nitro benzene ring substituents is 1. The highest BCUT2D eigenvalue weighted by molar-refractivity contribution is 5.58. The molecule has 1 N–H and O–H groups in total. The van der Waals surface area contributed by atoms with E-state index in [0.29, 0.717) is 11.6 Å². The second kappa shape index (κ2) is 5.38. The molecule has 0 radical (unpaired) electrons. The summed E-state index contributed by atoms with van der Waals surface area (Å²) < 4.78 is 28.7. The lowest BCUT2D eigenvalue weighted by atomic mass is 10.2. The normalized spacial score (nSPS) is 16.2. The molecule has 1 fully saturated rings. The van der Waals surface area contributed by atoms with Crippen LogP contribution in [0, 0.1) is 16.0 Å². The average molecular weight is 272 g/mol. The van der Waals surface area contributed by atoms with E-state index in [1.165, 1.54) is 18.2 Å². The van der Waals surface area contributed by atoms with E-state index >= 15 is 0 Å². The highest BCUT2D eigenvalue weighted by atomic mass is 19.3. The fourth-order valence-corrected chi connectivity index (χ4v) is 1.92. The van der Waals surface area contributed by atoms with Gasteiger partial charge < -0.3 is 10.1 Å². The predicted molar refractivity (Wildman–Crippen MR) is 65.5 cm³/mol. The number of halogens is 2. The Kier molecular flexibility index (Phi) is 3.82. The first-order valence-corrected chi connectivity index (χ1v) is 5.97. The summed E-state index contributed by atoms with van der Waals surface area (Å²) in [7, 11) is 0. The topological polar surface area (TPSA) is 64.4 Å². The highest BCUT2D eigenvalue weighted by Gasteiger charge is 2.28. The molecule has 1 aliphatic rings. The standard InChI is InChI=1S/C12H14F2N2O3/c1-7(8-2-3-8)15-9-4-5-10(16(17)18)11(6-9)19-12(13)14/h4-8,12,15H,2-3H2,1H3. The van der Waals surface area contributed by atoms with Gasteiger partial charge in [0, 0.05) is 23.9 Å². The van der Waals surface area contributed by atoms with Crippen molar-refractivity contribution in [2.45, 2.75) is 32.4 Å². The van der Waals surface area contributed by atoms with Crippen LogP contribution in [0.1, 0.15) is 19.8 Å². The highest BCUT2D eigenvalue weighted by Crippen LogP contribution is 2.36. The van der Waals surface area contributed by atoms with Gasteiger partial charge >= 0.3 is 12.3 Å². The summed E-state index contributed by atoms with van der Waals surface area (Å²) in [6.07, 6.45) is 2.28. The van der Waals surface area contributed by atoms with Crippen LogP contribution < -0.4 is 10.1 Å². The number of nitrogens with zero attached hydrogens (tertiary/aromatic N) is 1. The molecule has 0 spiro atoms. The molecular formula is C12H14F2N2O3. The van der Waals surface area contributed by atoms with Gasteiger partial charge in [0.2, 0.25) is 5.75 Å². The summed E-state index contributed by atoms with van der Waals surface area (Å²) in [5.74, 6) is 0.155. The number of alkyl halides is 2. The third-order valence-electron chi connectivity index (χ3n) is 3.10. The molecule has 1 saturated carbocycles. The first-order chi connectivity index (χ1) is 8.97. The van der Waals surface area contributed by atoms with Crippen molar-refractivity contribution in [2.75, 3.05) is 5.32 Å². The summed E-state index contributed by atoms with van der Waals surface area (Å²) in [6, 6.07) is 4.11. The van der Waals surface area contributed by atoms with E-state index in [4.69, 9.17) is 0 Å². The van der Waals surface area contributed by atoms with Crippen LogP contribution in [0.25, 0.3) is 0 Å². The van der Waals surface area contributed by atoms with Crippen LogP contribution in [0.3, 0.4) is 0 Å². The van der Waals surface area contributed by atoms with Gasteiger partial charge in [-0.1, -0.05) is 0 Å². The van der Waals surface area contributed by atoms with Crippen LogP contribution in [0.4, 0.5) is 20.2 Å². The summed E-state index contributed by atoms with van der Waals surface area (Å²) in [5.41, 5.74) is 0.0746. The quantitative estimate of drug-likeness (QED) is 0.636. The number of benzene rings is 1. The fourth-order valence-electron chi connectivity index (χ4n) is 1.92. The Bertz CT molecular complexity index is 478. The molecule has 1 atom stereocenters. The van der Waals surface area contributed by atoms with Crippen LogP contribution in [0.15, 0.2) is 18.2 Å². The number of nitrogens with one attached hydrogen (secondary N) is 1. The lowest BCUT2D eigenvalue weighted by molar-refractivity contribution is -0.386. The maximum Gasteiger partial charge on any atom is 0.387 e. The molecule has 5 nitrogen and oxygen atoms in total. The van der Waals surface area contributed by atoms with Gasteiger partial charge in [-0.05, 0) is 31.7 Å². The minimum Gasteiger partial charge on any atom is -0.427 e. The molecule has 104 valence electrons. The molecule has 0 bridgehead atoms. The summed E-state index contributed by atoms with van der Waals surface area (Å²) in [6.45, 7) is -1.10. The molecule has 19 heavy (non-hydrogen) atoms. The molecule has 1 aliphatic carbocycles. The zero-order valence-electron chi connectivity index (χ0n) is 10.3. The van der Waals surface area contributed by atoms with Crippen molar-refractivity contribution in [1.29, 1.82) is 0 Å². The van der Waals surface area contributed by atoms with E-state index in [9.17, 15) is 18.9 Å². The number of ether oxygens (including phenoxy) is 1. The van der Waals surface area contributed by atoms with Gasteiger partial charge in [0.1, 0.15) is 0 Å². The second-order valence-corrected chi connectivity index (χ2v) is 4.59. The van der Waals surface area contributed by atoms with Crippen LogP contribution in [-0.2, 0) is 0 Å². The van der Waals surface area contributed by atoms with E-state index in [1.807, 2.05) is 6.92 Å². The Labute approximate surface area is 108 Å². The van der Waals surface area contributed by atoms with Crippen LogP contribution >= 0.6 is 0 Å². The molecular weight excluding hydrogens is 258 g/mol. The van der Waals surface area contributed by atoms with E-state index in [2.05, 4.69) is 10.1 Å². The molecule has 2 rings (SSSR count). The molecule has 7 heteroatoms. The van der Waals surface area contributed by atoms with Gasteiger partial charge in [0.15, 0.2) is 0 Å². The zero-order valence-corrected chi connectivity index (χ0v) is 10.3. The van der Waals surface area contributed by atoms with Gasteiger partial charge in [-0.2, -0.15) is 8.78 Å². The van der Waals surface area contributed by atoms with Gasteiger partial charge in [0.05, 0.1) is 4.92 Å². The first kappa shape index (κ1) is 13.5. The molecule has 1 aromatic carbocycles. The van der Waals surface area contributed by atoms with Crippen LogP contribution in [-0.4, -0.2) is 17.6 Å². The zero-order chi connectivity index (χ0) is 14.0. The maximum absolute atomic E-state index is 12.2. The van der Waals surface area contributed by atoms with Gasteiger partial charge in [-0.3, -0.25) is 10.1 Å². The van der Waals surface area contributed by atoms with Crippen molar-refractivity contribution >= 4 is 11.4 Å². The Morgan fingerprint density at radius 1 is 1.47 bits per heavy atom. The van der Waals surface area contributed by atoms with E-state index < -0.39 is 23.0 Å². The number of hydrogen-bond acceptors (Lipinski definition) is 4. The fraction of sp³-hybridized carbons (Fsp3) is 0.500. The first-order valence-electron chi connectivity index (χ1n) is 5.97. The largest absolute Gasteiger partial charge is 0.427 e. The Morgan fingerprint density at radius 2 is 2.16 bits per heavy atom. The summed E-state index contributed by atoms with van der Waals surface area (Å²) in [5, 5.41) is 13.9. The van der Waals surface area contributed by atoms with Gasteiger partial charge in [-0.15, -0.1) is 0 Å². The third-order valence-corrected chi connectivity index (χ3v) is 3.10. The smallest absolute Gasteiger partial charge is 0.387 e. The van der Waals surface area contributed by atoms with Crippen molar-refractivity contribution in [2.24, 2.45) is 5.92 Å². The van der Waals surface area contributed by atoms with E-state index in [0.717, 1.165) is 12.8 Å². The monoisotopic (exact) mass is 272 g/mol. The average Bonchev–Trinajstić information content (AvgIpc) is 3.11. The summed E-state index contributed by atoms with van der Waals surface area (Å²) >= 11 is 0. The van der Waals surface area contributed by atoms with Gasteiger partial charge in [0.25, 0.3) is 0 Å². The van der Waals surface area contributed by atoms with E-state index in [1.54, 1.807) is 0 Å². The number of nitro groups is 1. The van der Waals surface area contributed by atoms with Crippen molar-refractivity contribution < 1.29 is 18.4 Å². The van der Waals surface area contributed by atoms with E-state index in [-0.39, 0.29) is 6.04 Å². The summed E-state index contributed by atoms with van der Waals surface area (Å²) in [4.78, 5) is 9.97. The van der Waals surface area contributed by atoms with Crippen LogP contribution in [0.2, 0.25) is 0 Å². The van der Waals surface area contributed by atoms with Crippen molar-refractivity contribution in [3.63, 3.8) is 0 Å². The third kappa shape index (κ3) is 3.52. The van der Waals surface area contributed by atoms with Crippen molar-refractivity contribution in [3.8, 4) is 5.75 Å². The van der Waals surface area contributed by atoms with Crippen molar-refractivity contribution in [1.82, 2.24) is 0 Å². The molecule has 0 aromatic heterocycles. The van der Waals surface area contributed by atoms with Crippen molar-refractivity contribution in [3.05, 3.63) is 28.3 Å². The molecule has 0 saturated heterocycles. The Balaban J connectivity index is 2.18. The maximum atomic E-state index is 12.2. The van der Waals surface area contributed by atoms with Crippen LogP contribution in [0.5, 0.6) is 5.75 Å². The number of anilines is 1. The molecule has 0 amide bonds. The second-order valence-electron chi connectivity index (χ2n) is 4.59. The minimum atomic E-state index is -3.09. The lowest BCUT2D eigenvalue weighted by Crippen LogP contribution is -2.17.